The van der Waals surface area contributed by atoms with E-state index in [1.54, 1.807) is 6.20 Å². The fourth-order valence-electron chi connectivity index (χ4n) is 0.322. The molecule has 0 spiro atoms. The summed E-state index contributed by atoms with van der Waals surface area (Å²) in [5.41, 5.74) is 0. The Hall–Kier alpha value is -0.620. The summed E-state index contributed by atoms with van der Waals surface area (Å²) in [6, 6.07) is 2.00. The van der Waals surface area contributed by atoms with Crippen LogP contribution < -0.4 is 5.32 Å². The average Bonchev–Trinajstić information content (AvgIpc) is 2.14. The molecule has 0 aliphatic carbocycles. The molecule has 35 valence electrons. The van der Waals surface area contributed by atoms with E-state index in [2.05, 4.69) is 5.32 Å². The molecule has 7 heavy (non-hydrogen) atoms. The van der Waals surface area contributed by atoms with Crippen LogP contribution in [0.1, 0.15) is 0 Å². The molecule has 0 amide bonds. The topological polar surface area (TPSA) is 37.9 Å². The molecule has 0 aromatic heterocycles. The van der Waals surface area contributed by atoms with E-state index in [1.807, 2.05) is 11.5 Å². The molecule has 1 atom stereocenters. The summed E-state index contributed by atoms with van der Waals surface area (Å²) in [5.74, 6) is 0. The van der Waals surface area contributed by atoms with Crippen molar-refractivity contribution in [2.24, 2.45) is 0 Å². The molecule has 1 radical (unpaired) electrons. The fourth-order valence-corrected chi connectivity index (χ4v) is 0.813. The van der Waals surface area contributed by atoms with Gasteiger partial charge in [-0.05, 0) is 5.41 Å². The van der Waals surface area contributed by atoms with E-state index >= 15 is 0 Å². The minimum Gasteiger partial charge on any atom is -0.263 e. The van der Waals surface area contributed by atoms with Crippen molar-refractivity contribution in [1.82, 2.24) is 5.32 Å². The summed E-state index contributed by atoms with van der Waals surface area (Å²) >= 11 is 1.43. The molecule has 1 rings (SSSR count). The van der Waals surface area contributed by atoms with Gasteiger partial charge in [-0.15, -0.1) is 0 Å². The predicted molar refractivity (Wildman–Crippen MR) is 28.3 cm³/mol. The molecule has 0 bridgehead atoms. The van der Waals surface area contributed by atoms with Crippen LogP contribution in [0.15, 0.2) is 11.6 Å². The highest BCUT2D eigenvalue weighted by atomic mass is 32.2. The molecule has 1 aliphatic heterocycles. The Morgan fingerprint density at radius 2 is 2.71 bits per heavy atom. The molecule has 2 nitrogen and oxygen atoms in total. The summed E-state index contributed by atoms with van der Waals surface area (Å²) in [4.78, 5) is 0. The van der Waals surface area contributed by atoms with E-state index in [4.69, 9.17) is 5.26 Å². The van der Waals surface area contributed by atoms with Crippen molar-refractivity contribution in [3.8, 4) is 6.07 Å². The number of thioether (sulfide) groups is 1. The average molecular weight is 111 g/mol. The van der Waals surface area contributed by atoms with Crippen LogP contribution in [-0.4, -0.2) is 5.37 Å². The maximum absolute atomic E-state index is 8.16. The second kappa shape index (κ2) is 1.90. The zero-order valence-electron chi connectivity index (χ0n) is 3.53. The minimum absolute atomic E-state index is 0.167. The second-order valence-electron chi connectivity index (χ2n) is 1.05. The lowest BCUT2D eigenvalue weighted by atomic mass is 10.7. The number of hydrogen-bond acceptors (Lipinski definition) is 2. The van der Waals surface area contributed by atoms with Crippen molar-refractivity contribution in [1.29, 1.82) is 5.26 Å². The molecule has 0 aromatic carbocycles. The molecular formula is C4H3N2S. The smallest absolute Gasteiger partial charge is 0.185 e. The van der Waals surface area contributed by atoms with Gasteiger partial charge < -0.3 is 0 Å². The predicted octanol–water partition coefficient (Wildman–Crippen LogP) is 0.658. The van der Waals surface area contributed by atoms with Gasteiger partial charge in [0.25, 0.3) is 0 Å². The molecule has 1 unspecified atom stereocenters. The Morgan fingerprint density at radius 3 is 3.00 bits per heavy atom. The molecule has 0 N–H and O–H groups in total. The Bertz CT molecular complexity index is 116. The maximum Gasteiger partial charge on any atom is 0.185 e. The first-order valence-corrected chi connectivity index (χ1v) is 2.78. The van der Waals surface area contributed by atoms with Crippen LogP contribution >= 0.6 is 11.8 Å². The van der Waals surface area contributed by atoms with Gasteiger partial charge >= 0.3 is 0 Å². The van der Waals surface area contributed by atoms with E-state index in [-0.39, 0.29) is 5.37 Å². The molecule has 1 heterocycles. The normalized spacial score (nSPS) is 26.4. The van der Waals surface area contributed by atoms with Crippen LogP contribution in [0, 0.1) is 11.3 Å². The molecule has 0 saturated carbocycles. The van der Waals surface area contributed by atoms with Gasteiger partial charge in [0.2, 0.25) is 0 Å². The van der Waals surface area contributed by atoms with E-state index < -0.39 is 0 Å². The number of nitriles is 1. The highest BCUT2D eigenvalue weighted by Gasteiger charge is 2.07. The van der Waals surface area contributed by atoms with Crippen molar-refractivity contribution in [2.45, 2.75) is 5.37 Å². The van der Waals surface area contributed by atoms with Crippen molar-refractivity contribution < 1.29 is 0 Å². The standard InChI is InChI=1S/C4H3N2S/c5-3-4-6-1-2-7-4/h1-2,4H. The lowest BCUT2D eigenvalue weighted by Gasteiger charge is -1.89. The van der Waals surface area contributed by atoms with E-state index in [9.17, 15) is 0 Å². The van der Waals surface area contributed by atoms with Gasteiger partial charge in [0, 0.05) is 6.20 Å². The van der Waals surface area contributed by atoms with Crippen molar-refractivity contribution in [2.75, 3.05) is 0 Å². The Balaban J connectivity index is 2.39. The van der Waals surface area contributed by atoms with Crippen LogP contribution in [0.2, 0.25) is 0 Å². The molecule has 0 fully saturated rings. The van der Waals surface area contributed by atoms with Gasteiger partial charge in [-0.1, -0.05) is 11.8 Å². The lowest BCUT2D eigenvalue weighted by Crippen LogP contribution is -2.03. The van der Waals surface area contributed by atoms with Crippen LogP contribution in [0.25, 0.3) is 0 Å². The minimum atomic E-state index is -0.167. The van der Waals surface area contributed by atoms with Crippen molar-refractivity contribution in [3.63, 3.8) is 0 Å². The van der Waals surface area contributed by atoms with Gasteiger partial charge in [-0.2, -0.15) is 5.26 Å². The lowest BCUT2D eigenvalue weighted by molar-refractivity contribution is 0.936. The quantitative estimate of drug-likeness (QED) is 0.460. The summed E-state index contributed by atoms with van der Waals surface area (Å²) in [7, 11) is 0. The SMILES string of the molecule is N#CC1[N]C=CS1. The van der Waals surface area contributed by atoms with Crippen LogP contribution in [0.4, 0.5) is 0 Å². The van der Waals surface area contributed by atoms with Gasteiger partial charge in [0.05, 0.1) is 0 Å². The van der Waals surface area contributed by atoms with E-state index in [0.717, 1.165) is 0 Å². The first kappa shape index (κ1) is 4.54. The first-order chi connectivity index (χ1) is 3.43. The maximum atomic E-state index is 8.16. The van der Waals surface area contributed by atoms with Crippen molar-refractivity contribution >= 4 is 11.8 Å². The van der Waals surface area contributed by atoms with Crippen molar-refractivity contribution in [3.05, 3.63) is 11.6 Å². The van der Waals surface area contributed by atoms with Crippen LogP contribution in [0.3, 0.4) is 0 Å². The Morgan fingerprint density at radius 1 is 1.86 bits per heavy atom. The van der Waals surface area contributed by atoms with Gasteiger partial charge in [0.1, 0.15) is 6.07 Å². The van der Waals surface area contributed by atoms with Crippen LogP contribution in [-0.2, 0) is 0 Å². The summed E-state index contributed by atoms with van der Waals surface area (Å²) < 4.78 is 0. The van der Waals surface area contributed by atoms with Crippen LogP contribution in [0.5, 0.6) is 0 Å². The van der Waals surface area contributed by atoms with Gasteiger partial charge in [0.15, 0.2) is 5.37 Å². The fraction of sp³-hybridized carbons (Fsp3) is 0.250. The third kappa shape index (κ3) is 0.875. The van der Waals surface area contributed by atoms with E-state index in [1.165, 1.54) is 11.8 Å². The van der Waals surface area contributed by atoms with Gasteiger partial charge in [-0.3, -0.25) is 5.32 Å². The van der Waals surface area contributed by atoms with Gasteiger partial charge in [-0.25, -0.2) is 0 Å². The summed E-state index contributed by atoms with van der Waals surface area (Å²) in [5, 5.41) is 13.6. The highest BCUT2D eigenvalue weighted by molar-refractivity contribution is 8.03. The number of rotatable bonds is 0. The number of nitrogens with zero attached hydrogens (tertiary/aromatic N) is 2. The zero-order chi connectivity index (χ0) is 5.11. The third-order valence-electron chi connectivity index (χ3n) is 0.600. The molecular weight excluding hydrogens is 108 g/mol. The zero-order valence-corrected chi connectivity index (χ0v) is 4.35. The molecule has 0 saturated heterocycles. The Labute approximate surface area is 46.2 Å². The monoisotopic (exact) mass is 111 g/mol. The van der Waals surface area contributed by atoms with E-state index in [0.29, 0.717) is 0 Å². The molecule has 1 aliphatic rings. The number of hydrogen-bond donors (Lipinski definition) is 0. The Kier molecular flexibility index (Phi) is 1.23. The summed E-state index contributed by atoms with van der Waals surface area (Å²) in [6.07, 6.45) is 1.65. The molecule has 3 heteroatoms. The molecule has 0 aromatic rings. The highest BCUT2D eigenvalue weighted by Crippen LogP contribution is 2.14. The summed E-state index contributed by atoms with van der Waals surface area (Å²) in [6.45, 7) is 0. The third-order valence-corrected chi connectivity index (χ3v) is 1.36. The first-order valence-electron chi connectivity index (χ1n) is 1.83. The largest absolute Gasteiger partial charge is 0.263 e. The second-order valence-corrected chi connectivity index (χ2v) is 2.04.